The summed E-state index contributed by atoms with van der Waals surface area (Å²) in [4.78, 5) is 11.1. The van der Waals surface area contributed by atoms with Crippen LogP contribution in [0.5, 0.6) is 0 Å². The maximum absolute atomic E-state index is 11.0. The van der Waals surface area contributed by atoms with Gasteiger partial charge in [0.25, 0.3) is 5.69 Å². The van der Waals surface area contributed by atoms with E-state index in [9.17, 15) is 10.1 Å². The van der Waals surface area contributed by atoms with E-state index in [-0.39, 0.29) is 10.6 Å². The highest BCUT2D eigenvalue weighted by Crippen LogP contribution is 2.36. The number of hydrogen-bond acceptors (Lipinski definition) is 2. The molecule has 1 aromatic carbocycles. The van der Waals surface area contributed by atoms with Crippen molar-refractivity contribution in [2.75, 3.05) is 0 Å². The molecule has 0 spiro atoms. The van der Waals surface area contributed by atoms with Crippen molar-refractivity contribution in [3.05, 3.63) is 38.9 Å². The van der Waals surface area contributed by atoms with Gasteiger partial charge in [0, 0.05) is 21.5 Å². The number of hydrogen-bond donors (Lipinski definition) is 0. The number of halogens is 2. The fourth-order valence-corrected chi connectivity index (χ4v) is 3.32. The summed E-state index contributed by atoms with van der Waals surface area (Å²) in [6.45, 7) is 0. The van der Waals surface area contributed by atoms with Crippen LogP contribution < -0.4 is 0 Å². The second kappa shape index (κ2) is 5.36. The first kappa shape index (κ1) is 12.8. The summed E-state index contributed by atoms with van der Waals surface area (Å²) in [6.07, 6.45) is 4.24. The number of nitro groups is 1. The molecule has 0 saturated heterocycles. The topological polar surface area (TPSA) is 43.1 Å². The van der Waals surface area contributed by atoms with Crippen molar-refractivity contribution >= 4 is 33.2 Å². The molecular weight excluding hydrogens is 305 g/mol. The molecule has 0 aromatic heterocycles. The SMILES string of the molecule is O=[N+]([O-])c1cc(Cl)ccc1CC1CCCC1Br. The van der Waals surface area contributed by atoms with Gasteiger partial charge < -0.3 is 0 Å². The molecule has 3 nitrogen and oxygen atoms in total. The van der Waals surface area contributed by atoms with Crippen LogP contribution in [-0.4, -0.2) is 9.75 Å². The van der Waals surface area contributed by atoms with Gasteiger partial charge in [-0.15, -0.1) is 0 Å². The minimum Gasteiger partial charge on any atom is -0.258 e. The minimum absolute atomic E-state index is 0.143. The average molecular weight is 319 g/mol. The van der Waals surface area contributed by atoms with Crippen LogP contribution in [0.2, 0.25) is 5.02 Å². The third-order valence-electron chi connectivity index (χ3n) is 3.29. The highest BCUT2D eigenvalue weighted by atomic mass is 79.9. The molecule has 2 unspecified atom stereocenters. The lowest BCUT2D eigenvalue weighted by Crippen LogP contribution is -2.11. The first-order chi connectivity index (χ1) is 8.08. The summed E-state index contributed by atoms with van der Waals surface area (Å²) in [6, 6.07) is 4.94. The van der Waals surface area contributed by atoms with E-state index in [2.05, 4.69) is 15.9 Å². The molecule has 0 aliphatic heterocycles. The molecule has 2 rings (SSSR count). The van der Waals surface area contributed by atoms with E-state index in [1.807, 2.05) is 0 Å². The van der Waals surface area contributed by atoms with E-state index in [0.717, 1.165) is 24.8 Å². The Morgan fingerprint density at radius 1 is 1.47 bits per heavy atom. The minimum atomic E-state index is -0.348. The number of rotatable bonds is 3. The van der Waals surface area contributed by atoms with Crippen LogP contribution >= 0.6 is 27.5 Å². The number of alkyl halides is 1. The summed E-state index contributed by atoms with van der Waals surface area (Å²) in [5.41, 5.74) is 0.930. The zero-order valence-electron chi connectivity index (χ0n) is 9.23. The van der Waals surface area contributed by atoms with Crippen molar-refractivity contribution in [2.45, 2.75) is 30.5 Å². The largest absolute Gasteiger partial charge is 0.274 e. The lowest BCUT2D eigenvalue weighted by atomic mass is 9.97. The third kappa shape index (κ3) is 2.99. The molecular formula is C12H13BrClNO2. The van der Waals surface area contributed by atoms with Crippen molar-refractivity contribution in [3.8, 4) is 0 Å². The van der Waals surface area contributed by atoms with E-state index in [1.165, 1.54) is 12.5 Å². The summed E-state index contributed by atoms with van der Waals surface area (Å²) >= 11 is 9.43. The quantitative estimate of drug-likeness (QED) is 0.472. The summed E-state index contributed by atoms with van der Waals surface area (Å²) in [5, 5.41) is 11.4. The summed E-state index contributed by atoms with van der Waals surface area (Å²) in [5.74, 6) is 0.495. The Morgan fingerprint density at radius 2 is 2.24 bits per heavy atom. The Hall–Kier alpha value is -0.610. The standard InChI is InChI=1S/C12H13BrClNO2/c13-11-3-1-2-8(11)6-9-4-5-10(14)7-12(9)15(16)17/h4-5,7-8,11H,1-3,6H2. The molecule has 0 bridgehead atoms. The van der Waals surface area contributed by atoms with Gasteiger partial charge in [-0.2, -0.15) is 0 Å². The lowest BCUT2D eigenvalue weighted by Gasteiger charge is -2.13. The molecule has 1 aliphatic carbocycles. The van der Waals surface area contributed by atoms with Crippen LogP contribution in [0, 0.1) is 16.0 Å². The molecule has 92 valence electrons. The van der Waals surface area contributed by atoms with Crippen molar-refractivity contribution in [3.63, 3.8) is 0 Å². The molecule has 1 fully saturated rings. The highest BCUT2D eigenvalue weighted by Gasteiger charge is 2.27. The van der Waals surface area contributed by atoms with Gasteiger partial charge in [-0.05, 0) is 31.2 Å². The Morgan fingerprint density at radius 3 is 2.82 bits per heavy atom. The van der Waals surface area contributed by atoms with Gasteiger partial charge in [0.15, 0.2) is 0 Å². The lowest BCUT2D eigenvalue weighted by molar-refractivity contribution is -0.385. The number of nitrogens with zero attached hydrogens (tertiary/aromatic N) is 1. The molecule has 17 heavy (non-hydrogen) atoms. The summed E-state index contributed by atoms with van der Waals surface area (Å²) < 4.78 is 0. The predicted molar refractivity (Wildman–Crippen MR) is 71.9 cm³/mol. The van der Waals surface area contributed by atoms with Crippen molar-refractivity contribution < 1.29 is 4.92 Å². The van der Waals surface area contributed by atoms with Crippen LogP contribution in [0.25, 0.3) is 0 Å². The second-order valence-corrected chi connectivity index (χ2v) is 6.05. The van der Waals surface area contributed by atoms with Gasteiger partial charge in [0.2, 0.25) is 0 Å². The van der Waals surface area contributed by atoms with Gasteiger partial charge in [-0.1, -0.05) is 40.0 Å². The van der Waals surface area contributed by atoms with Crippen LogP contribution in [-0.2, 0) is 6.42 Å². The molecule has 0 N–H and O–H groups in total. The van der Waals surface area contributed by atoms with E-state index < -0.39 is 0 Å². The fraction of sp³-hybridized carbons (Fsp3) is 0.500. The normalized spacial score (nSPS) is 23.9. The van der Waals surface area contributed by atoms with Gasteiger partial charge >= 0.3 is 0 Å². The van der Waals surface area contributed by atoms with E-state index in [1.54, 1.807) is 12.1 Å². The molecule has 5 heteroatoms. The molecule has 0 amide bonds. The third-order valence-corrected chi connectivity index (χ3v) is 4.73. The predicted octanol–water partition coefficient (Wildman–Crippen LogP) is 4.35. The van der Waals surface area contributed by atoms with Gasteiger partial charge in [0.1, 0.15) is 0 Å². The van der Waals surface area contributed by atoms with E-state index in [0.29, 0.717) is 15.8 Å². The van der Waals surface area contributed by atoms with Crippen molar-refractivity contribution in [1.29, 1.82) is 0 Å². The molecule has 0 radical (unpaired) electrons. The molecule has 1 aliphatic rings. The smallest absolute Gasteiger partial charge is 0.258 e. The molecule has 0 heterocycles. The van der Waals surface area contributed by atoms with Crippen LogP contribution in [0.4, 0.5) is 5.69 Å². The average Bonchev–Trinajstić information content (AvgIpc) is 2.67. The first-order valence-electron chi connectivity index (χ1n) is 5.65. The molecule has 2 atom stereocenters. The Bertz CT molecular complexity index is 439. The summed E-state index contributed by atoms with van der Waals surface area (Å²) in [7, 11) is 0. The molecule has 1 saturated carbocycles. The second-order valence-electron chi connectivity index (χ2n) is 4.44. The van der Waals surface area contributed by atoms with E-state index >= 15 is 0 Å². The maximum atomic E-state index is 11.0. The van der Waals surface area contributed by atoms with Crippen LogP contribution in [0.3, 0.4) is 0 Å². The van der Waals surface area contributed by atoms with E-state index in [4.69, 9.17) is 11.6 Å². The number of benzene rings is 1. The highest BCUT2D eigenvalue weighted by molar-refractivity contribution is 9.09. The van der Waals surface area contributed by atoms with Crippen molar-refractivity contribution in [1.82, 2.24) is 0 Å². The zero-order valence-corrected chi connectivity index (χ0v) is 11.6. The number of nitro benzene ring substituents is 1. The van der Waals surface area contributed by atoms with Crippen molar-refractivity contribution in [2.24, 2.45) is 5.92 Å². The Balaban J connectivity index is 2.22. The Kier molecular flexibility index (Phi) is 4.05. The Labute approximate surface area is 113 Å². The fourth-order valence-electron chi connectivity index (χ4n) is 2.38. The van der Waals surface area contributed by atoms with Gasteiger partial charge in [0.05, 0.1) is 4.92 Å². The molecule has 1 aromatic rings. The van der Waals surface area contributed by atoms with Gasteiger partial charge in [-0.3, -0.25) is 10.1 Å². The monoisotopic (exact) mass is 317 g/mol. The zero-order chi connectivity index (χ0) is 12.4. The van der Waals surface area contributed by atoms with Gasteiger partial charge in [-0.25, -0.2) is 0 Å². The van der Waals surface area contributed by atoms with Crippen LogP contribution in [0.15, 0.2) is 18.2 Å². The van der Waals surface area contributed by atoms with Crippen LogP contribution in [0.1, 0.15) is 24.8 Å². The first-order valence-corrected chi connectivity index (χ1v) is 6.94. The maximum Gasteiger partial charge on any atom is 0.274 e.